The van der Waals surface area contributed by atoms with E-state index in [-0.39, 0.29) is 17.3 Å². The van der Waals surface area contributed by atoms with Gasteiger partial charge in [-0.05, 0) is 59.4 Å². The Morgan fingerprint density at radius 1 is 0.850 bits per heavy atom. The lowest BCUT2D eigenvalue weighted by Crippen LogP contribution is -2.54. The van der Waals surface area contributed by atoms with E-state index < -0.39 is 34.0 Å². The number of hydrogen-bond donors (Lipinski definition) is 0. The SMILES string of the molecule is Cc1ccc(C)c(N=CC23c4ccccc4C(c4ccccc42)C2C(=O)N(c4ccccc4[N+](=O)[O-])C(=O)C23)c1. The number of amides is 2. The highest BCUT2D eigenvalue weighted by molar-refractivity contribution is 6.25. The number of carbonyl (C=O) groups excluding carboxylic acids is 2. The highest BCUT2D eigenvalue weighted by Crippen LogP contribution is 2.64. The van der Waals surface area contributed by atoms with E-state index in [0.29, 0.717) is 0 Å². The van der Waals surface area contributed by atoms with Gasteiger partial charge >= 0.3 is 0 Å². The molecule has 7 nitrogen and oxygen atoms in total. The summed E-state index contributed by atoms with van der Waals surface area (Å²) in [7, 11) is 0. The molecule has 7 heteroatoms. The number of nitro benzene ring substituents is 1. The van der Waals surface area contributed by atoms with Gasteiger partial charge in [0.15, 0.2) is 0 Å². The lowest BCUT2D eigenvalue weighted by atomic mass is 9.47. The van der Waals surface area contributed by atoms with E-state index in [2.05, 4.69) is 0 Å². The summed E-state index contributed by atoms with van der Waals surface area (Å²) in [6, 6.07) is 27.9. The van der Waals surface area contributed by atoms with Gasteiger partial charge in [-0.3, -0.25) is 24.7 Å². The Morgan fingerprint density at radius 3 is 2.15 bits per heavy atom. The van der Waals surface area contributed by atoms with E-state index in [0.717, 1.165) is 44.0 Å². The summed E-state index contributed by atoms with van der Waals surface area (Å²) in [5.41, 5.74) is 5.41. The van der Waals surface area contributed by atoms with Crippen molar-refractivity contribution in [3.63, 3.8) is 0 Å². The molecule has 0 aromatic heterocycles. The van der Waals surface area contributed by atoms with Crippen LogP contribution in [0.5, 0.6) is 0 Å². The molecule has 0 N–H and O–H groups in total. The van der Waals surface area contributed by atoms with Crippen LogP contribution in [0.1, 0.15) is 39.3 Å². The molecular weight excluding hydrogens is 502 g/mol. The first-order valence-electron chi connectivity index (χ1n) is 13.3. The van der Waals surface area contributed by atoms with Crippen LogP contribution in [0.2, 0.25) is 0 Å². The summed E-state index contributed by atoms with van der Waals surface area (Å²) in [5, 5.41) is 11.9. The average molecular weight is 528 g/mol. The van der Waals surface area contributed by atoms with Crippen molar-refractivity contribution < 1.29 is 14.5 Å². The van der Waals surface area contributed by atoms with Gasteiger partial charge in [-0.15, -0.1) is 0 Å². The molecule has 0 spiro atoms. The van der Waals surface area contributed by atoms with Crippen molar-refractivity contribution in [1.82, 2.24) is 0 Å². The van der Waals surface area contributed by atoms with Crippen LogP contribution >= 0.6 is 0 Å². The van der Waals surface area contributed by atoms with E-state index in [1.54, 1.807) is 6.07 Å². The van der Waals surface area contributed by atoms with E-state index in [1.165, 1.54) is 18.2 Å². The third-order valence-electron chi connectivity index (χ3n) is 8.78. The van der Waals surface area contributed by atoms with Gasteiger partial charge in [0.25, 0.3) is 5.69 Å². The normalized spacial score (nSPS) is 24.2. The average Bonchev–Trinajstić information content (AvgIpc) is 3.24. The van der Waals surface area contributed by atoms with Crippen LogP contribution in [-0.4, -0.2) is 23.0 Å². The van der Waals surface area contributed by atoms with Crippen LogP contribution in [0.3, 0.4) is 0 Å². The summed E-state index contributed by atoms with van der Waals surface area (Å²) < 4.78 is 0. The molecule has 8 rings (SSSR count). The molecule has 2 atom stereocenters. The highest BCUT2D eigenvalue weighted by atomic mass is 16.6. The number of para-hydroxylation sites is 2. The fraction of sp³-hybridized carbons (Fsp3) is 0.182. The Hall–Kier alpha value is -4.91. The maximum absolute atomic E-state index is 14.5. The molecule has 1 aliphatic heterocycles. The zero-order valence-corrected chi connectivity index (χ0v) is 21.9. The Kier molecular flexibility index (Phi) is 5.16. The van der Waals surface area contributed by atoms with Crippen molar-refractivity contribution in [3.05, 3.63) is 134 Å². The van der Waals surface area contributed by atoms with Crippen LogP contribution in [0.25, 0.3) is 0 Å². The topological polar surface area (TPSA) is 92.9 Å². The second-order valence-corrected chi connectivity index (χ2v) is 10.8. The molecular formula is C33H25N3O4. The number of rotatable bonds is 4. The van der Waals surface area contributed by atoms with Crippen LogP contribution in [0.4, 0.5) is 17.1 Å². The van der Waals surface area contributed by atoms with Crippen molar-refractivity contribution in [2.45, 2.75) is 25.2 Å². The van der Waals surface area contributed by atoms with E-state index in [1.807, 2.05) is 86.8 Å². The van der Waals surface area contributed by atoms with E-state index in [9.17, 15) is 19.7 Å². The fourth-order valence-electron chi connectivity index (χ4n) is 7.12. The molecule has 4 aromatic rings. The molecule has 2 unspecified atom stereocenters. The van der Waals surface area contributed by atoms with Gasteiger partial charge in [-0.2, -0.15) is 0 Å². The molecule has 4 aromatic carbocycles. The molecule has 40 heavy (non-hydrogen) atoms. The van der Waals surface area contributed by atoms with Crippen molar-refractivity contribution in [2.24, 2.45) is 16.8 Å². The van der Waals surface area contributed by atoms with Gasteiger partial charge in [-0.25, -0.2) is 4.90 Å². The smallest absolute Gasteiger partial charge is 0.274 e. The summed E-state index contributed by atoms with van der Waals surface area (Å²) >= 11 is 0. The maximum atomic E-state index is 14.5. The minimum atomic E-state index is -1.03. The summed E-state index contributed by atoms with van der Waals surface area (Å²) in [6.45, 7) is 4.00. The van der Waals surface area contributed by atoms with Crippen molar-refractivity contribution in [2.75, 3.05) is 4.90 Å². The molecule has 2 amide bonds. The van der Waals surface area contributed by atoms with Crippen molar-refractivity contribution >= 4 is 35.1 Å². The fourth-order valence-corrected chi connectivity index (χ4v) is 7.12. The Balaban J connectivity index is 1.52. The minimum Gasteiger partial charge on any atom is -0.274 e. The Morgan fingerprint density at radius 2 is 1.48 bits per heavy atom. The van der Waals surface area contributed by atoms with Crippen molar-refractivity contribution in [3.8, 4) is 0 Å². The van der Waals surface area contributed by atoms with Crippen molar-refractivity contribution in [1.29, 1.82) is 0 Å². The number of imide groups is 1. The predicted octanol–water partition coefficient (Wildman–Crippen LogP) is 6.16. The second kappa shape index (κ2) is 8.55. The number of nitrogens with zero attached hydrogens (tertiary/aromatic N) is 3. The second-order valence-electron chi connectivity index (χ2n) is 10.8. The Labute approximate surface area is 231 Å². The standard InChI is InChI=1S/C33H25N3O4/c1-19-15-16-20(2)25(17-19)34-18-33-23-11-5-3-9-21(23)28(22-10-4-6-12-24(22)33)29-30(33)32(38)35(31(29)37)26-13-7-8-14-27(26)36(39)40/h3-18,28-30H,1-2H3. The molecule has 1 saturated heterocycles. The number of aliphatic imine (C=N–C) groups is 1. The number of aryl methyl sites for hydroxylation is 2. The summed E-state index contributed by atoms with van der Waals surface area (Å²) in [4.78, 5) is 46.2. The molecule has 4 aliphatic rings. The zero-order chi connectivity index (χ0) is 27.8. The third kappa shape index (κ3) is 3.09. The van der Waals surface area contributed by atoms with Gasteiger partial charge in [0.2, 0.25) is 11.8 Å². The quantitative estimate of drug-likeness (QED) is 0.137. The monoisotopic (exact) mass is 527 g/mol. The van der Waals surface area contributed by atoms with E-state index >= 15 is 0 Å². The molecule has 2 bridgehead atoms. The summed E-state index contributed by atoms with van der Waals surface area (Å²) in [5.74, 6) is -2.73. The lowest BCUT2D eigenvalue weighted by molar-refractivity contribution is -0.384. The molecule has 3 aliphatic carbocycles. The first-order chi connectivity index (χ1) is 19.3. The maximum Gasteiger partial charge on any atom is 0.293 e. The lowest BCUT2D eigenvalue weighted by Gasteiger charge is -2.52. The first kappa shape index (κ1) is 24.2. The number of hydrogen-bond acceptors (Lipinski definition) is 5. The largest absolute Gasteiger partial charge is 0.293 e. The molecule has 0 saturated carbocycles. The van der Waals surface area contributed by atoms with E-state index in [4.69, 9.17) is 4.99 Å². The molecule has 1 heterocycles. The van der Waals surface area contributed by atoms with Gasteiger partial charge in [0.05, 0.1) is 27.9 Å². The Bertz CT molecular complexity index is 1740. The van der Waals surface area contributed by atoms with Crippen LogP contribution in [0.15, 0.2) is 96.0 Å². The van der Waals surface area contributed by atoms with Crippen LogP contribution in [-0.2, 0) is 15.0 Å². The molecule has 1 fully saturated rings. The number of carbonyl (C=O) groups is 2. The highest BCUT2D eigenvalue weighted by Gasteiger charge is 2.68. The van der Waals surface area contributed by atoms with Gasteiger partial charge in [0.1, 0.15) is 5.69 Å². The van der Waals surface area contributed by atoms with Gasteiger partial charge < -0.3 is 0 Å². The minimum absolute atomic E-state index is 0.00558. The first-order valence-corrected chi connectivity index (χ1v) is 13.3. The van der Waals surface area contributed by atoms with Crippen LogP contribution in [0, 0.1) is 35.8 Å². The number of benzene rings is 4. The van der Waals surface area contributed by atoms with Gasteiger partial charge in [-0.1, -0.05) is 72.8 Å². The number of anilines is 1. The number of nitro groups is 1. The molecule has 196 valence electrons. The molecule has 0 radical (unpaired) electrons. The predicted molar refractivity (Wildman–Crippen MR) is 152 cm³/mol. The van der Waals surface area contributed by atoms with Gasteiger partial charge in [0, 0.05) is 18.2 Å². The van der Waals surface area contributed by atoms with Crippen LogP contribution < -0.4 is 4.90 Å². The zero-order valence-electron chi connectivity index (χ0n) is 21.9. The third-order valence-corrected chi connectivity index (χ3v) is 8.78. The summed E-state index contributed by atoms with van der Waals surface area (Å²) in [6.07, 6.45) is 1.85.